The van der Waals surface area contributed by atoms with Gasteiger partial charge in [-0.2, -0.15) is 0 Å². The number of halogens is 3. The van der Waals surface area contributed by atoms with E-state index in [-0.39, 0.29) is 5.92 Å². The van der Waals surface area contributed by atoms with Crippen molar-refractivity contribution >= 4 is 57.2 Å². The third-order valence-corrected chi connectivity index (χ3v) is 3.07. The highest BCUT2D eigenvalue weighted by molar-refractivity contribution is 7.15. The van der Waals surface area contributed by atoms with Crippen molar-refractivity contribution in [2.24, 2.45) is 0 Å². The highest BCUT2D eigenvalue weighted by atomic mass is 35.6. The number of hydrogen-bond donors (Lipinski definition) is 1. The van der Waals surface area contributed by atoms with Gasteiger partial charge in [-0.25, -0.2) is 0 Å². The van der Waals surface area contributed by atoms with E-state index in [1.54, 1.807) is 0 Å². The van der Waals surface area contributed by atoms with Crippen molar-refractivity contribution in [1.82, 2.24) is 10.2 Å². The van der Waals surface area contributed by atoms with Gasteiger partial charge in [0.05, 0.1) is 0 Å². The summed E-state index contributed by atoms with van der Waals surface area (Å²) in [6.07, 6.45) is 0. The summed E-state index contributed by atoms with van der Waals surface area (Å²) in [6.45, 7) is 3.95. The Bertz CT molecular complexity index is 361. The van der Waals surface area contributed by atoms with Crippen LogP contribution in [0.1, 0.15) is 24.8 Å². The van der Waals surface area contributed by atoms with E-state index < -0.39 is 9.70 Å². The number of carbonyl (C=O) groups excluding carboxylic acids is 1. The standard InChI is InChI=1S/C7H8Cl3N3OS/c1-3(2)4-12-13-6(15-4)11-5(14)7(8,9)10/h3H,1-2H3,(H,11,13,14). The van der Waals surface area contributed by atoms with E-state index in [1.807, 2.05) is 13.8 Å². The molecule has 0 saturated carbocycles. The van der Waals surface area contributed by atoms with Crippen molar-refractivity contribution in [2.75, 3.05) is 5.32 Å². The quantitative estimate of drug-likeness (QED) is 0.851. The summed E-state index contributed by atoms with van der Waals surface area (Å²) in [5.74, 6) is -0.486. The van der Waals surface area contributed by atoms with Crippen molar-refractivity contribution in [1.29, 1.82) is 0 Å². The minimum absolute atomic E-state index is 0.251. The Morgan fingerprint density at radius 3 is 2.40 bits per heavy atom. The van der Waals surface area contributed by atoms with E-state index in [1.165, 1.54) is 11.3 Å². The number of nitrogens with zero attached hydrogens (tertiary/aromatic N) is 2. The Labute approximate surface area is 106 Å². The van der Waals surface area contributed by atoms with Crippen LogP contribution in [0, 0.1) is 0 Å². The van der Waals surface area contributed by atoms with Crippen LogP contribution in [0.25, 0.3) is 0 Å². The van der Waals surface area contributed by atoms with Gasteiger partial charge in [-0.15, -0.1) is 10.2 Å². The summed E-state index contributed by atoms with van der Waals surface area (Å²) in [4.78, 5) is 11.2. The fraction of sp³-hybridized carbons (Fsp3) is 0.571. The molecule has 0 spiro atoms. The molecular weight excluding hydrogens is 281 g/mol. The number of carbonyl (C=O) groups is 1. The summed E-state index contributed by atoms with van der Waals surface area (Å²) < 4.78 is -1.98. The zero-order chi connectivity index (χ0) is 11.6. The van der Waals surface area contributed by atoms with Crippen LogP contribution in [0.3, 0.4) is 0 Å². The average Bonchev–Trinajstić information content (AvgIpc) is 2.50. The van der Waals surface area contributed by atoms with Gasteiger partial charge in [0.15, 0.2) is 0 Å². The summed E-state index contributed by atoms with van der Waals surface area (Å²) in [5, 5.41) is 11.1. The second-order valence-corrected chi connectivity index (χ2v) is 6.34. The molecular formula is C7H8Cl3N3OS. The van der Waals surface area contributed by atoms with Crippen molar-refractivity contribution in [3.8, 4) is 0 Å². The third kappa shape index (κ3) is 3.75. The highest BCUT2D eigenvalue weighted by Crippen LogP contribution is 2.29. The number of amides is 1. The summed E-state index contributed by atoms with van der Waals surface area (Å²) in [5.41, 5.74) is 0. The molecule has 1 amide bonds. The molecule has 0 bridgehead atoms. The Balaban J connectivity index is 2.70. The molecule has 0 aliphatic carbocycles. The van der Waals surface area contributed by atoms with E-state index in [2.05, 4.69) is 15.5 Å². The van der Waals surface area contributed by atoms with Gasteiger partial charge < -0.3 is 0 Å². The second-order valence-electron chi connectivity index (χ2n) is 3.05. The van der Waals surface area contributed by atoms with Crippen LogP contribution in [0.4, 0.5) is 5.13 Å². The lowest BCUT2D eigenvalue weighted by molar-refractivity contribution is -0.115. The van der Waals surface area contributed by atoms with E-state index in [9.17, 15) is 4.79 Å². The lowest BCUT2D eigenvalue weighted by Crippen LogP contribution is -2.26. The molecule has 15 heavy (non-hydrogen) atoms. The van der Waals surface area contributed by atoms with Crippen molar-refractivity contribution < 1.29 is 4.79 Å². The molecule has 0 aromatic carbocycles. The topological polar surface area (TPSA) is 54.9 Å². The Kier molecular flexibility index (Phi) is 4.17. The maximum Gasteiger partial charge on any atom is 0.278 e. The molecule has 1 heterocycles. The van der Waals surface area contributed by atoms with E-state index in [4.69, 9.17) is 34.8 Å². The highest BCUT2D eigenvalue weighted by Gasteiger charge is 2.31. The fourth-order valence-corrected chi connectivity index (χ4v) is 1.57. The van der Waals surface area contributed by atoms with Gasteiger partial charge >= 0.3 is 0 Å². The van der Waals surface area contributed by atoms with E-state index >= 15 is 0 Å². The first-order chi connectivity index (χ1) is 6.80. The second kappa shape index (κ2) is 4.82. The number of anilines is 1. The SMILES string of the molecule is CC(C)c1nnc(NC(=O)C(Cl)(Cl)Cl)s1. The maximum atomic E-state index is 11.2. The molecule has 0 aliphatic heterocycles. The van der Waals surface area contributed by atoms with Crippen LogP contribution < -0.4 is 5.32 Å². The molecule has 0 saturated heterocycles. The van der Waals surface area contributed by atoms with Crippen LogP contribution in [0.2, 0.25) is 0 Å². The Morgan fingerprint density at radius 1 is 1.40 bits per heavy atom. The van der Waals surface area contributed by atoms with Gasteiger partial charge in [-0.1, -0.05) is 60.0 Å². The number of nitrogens with one attached hydrogen (secondary N) is 1. The molecule has 1 rings (SSSR count). The molecule has 0 fully saturated rings. The largest absolute Gasteiger partial charge is 0.297 e. The van der Waals surface area contributed by atoms with Gasteiger partial charge in [0.2, 0.25) is 5.13 Å². The predicted octanol–water partition coefficient (Wildman–Crippen LogP) is 2.97. The molecule has 1 aromatic heterocycles. The molecule has 1 aromatic rings. The first-order valence-corrected chi connectivity index (χ1v) is 5.97. The maximum absolute atomic E-state index is 11.2. The molecule has 0 unspecified atom stereocenters. The summed E-state index contributed by atoms with van der Waals surface area (Å²) in [7, 11) is 0. The van der Waals surface area contributed by atoms with Gasteiger partial charge in [0, 0.05) is 5.92 Å². The van der Waals surface area contributed by atoms with Crippen molar-refractivity contribution in [2.45, 2.75) is 23.6 Å². The normalized spacial score (nSPS) is 11.9. The molecule has 1 N–H and O–H groups in total. The van der Waals surface area contributed by atoms with Gasteiger partial charge in [0.1, 0.15) is 5.01 Å². The predicted molar refractivity (Wildman–Crippen MR) is 62.9 cm³/mol. The number of alkyl halides is 3. The van der Waals surface area contributed by atoms with Crippen LogP contribution >= 0.6 is 46.1 Å². The average molecular weight is 289 g/mol. The van der Waals surface area contributed by atoms with E-state index in [0.29, 0.717) is 5.13 Å². The van der Waals surface area contributed by atoms with Crippen molar-refractivity contribution in [3.05, 3.63) is 5.01 Å². The van der Waals surface area contributed by atoms with E-state index in [0.717, 1.165) is 5.01 Å². The van der Waals surface area contributed by atoms with Crippen LogP contribution in [0.5, 0.6) is 0 Å². The number of aromatic nitrogens is 2. The monoisotopic (exact) mass is 287 g/mol. The summed E-state index contributed by atoms with van der Waals surface area (Å²) in [6, 6.07) is 0. The lowest BCUT2D eigenvalue weighted by atomic mass is 10.2. The zero-order valence-electron chi connectivity index (χ0n) is 7.92. The van der Waals surface area contributed by atoms with Gasteiger partial charge in [0.25, 0.3) is 9.70 Å². The number of hydrogen-bond acceptors (Lipinski definition) is 4. The molecule has 8 heteroatoms. The lowest BCUT2D eigenvalue weighted by Gasteiger charge is -2.08. The molecule has 0 atom stereocenters. The van der Waals surface area contributed by atoms with Gasteiger partial charge in [-0.05, 0) is 0 Å². The van der Waals surface area contributed by atoms with Crippen LogP contribution in [0.15, 0.2) is 0 Å². The smallest absolute Gasteiger partial charge is 0.278 e. The Hall–Kier alpha value is -0.100. The number of rotatable bonds is 2. The molecule has 4 nitrogen and oxygen atoms in total. The minimum Gasteiger partial charge on any atom is -0.297 e. The third-order valence-electron chi connectivity index (χ3n) is 1.41. The van der Waals surface area contributed by atoms with Gasteiger partial charge in [-0.3, -0.25) is 10.1 Å². The van der Waals surface area contributed by atoms with Crippen molar-refractivity contribution in [3.63, 3.8) is 0 Å². The first-order valence-electron chi connectivity index (χ1n) is 4.02. The molecule has 84 valence electrons. The first kappa shape index (κ1) is 13.0. The van der Waals surface area contributed by atoms with Crippen LogP contribution in [-0.2, 0) is 4.79 Å². The fourth-order valence-electron chi connectivity index (χ4n) is 0.686. The summed E-state index contributed by atoms with van der Waals surface area (Å²) >= 11 is 17.4. The van der Waals surface area contributed by atoms with Crippen LogP contribution in [-0.4, -0.2) is 19.9 Å². The molecule has 0 aliphatic rings. The molecule has 0 radical (unpaired) electrons. The zero-order valence-corrected chi connectivity index (χ0v) is 11.0. The Morgan fingerprint density at radius 2 is 2.00 bits per heavy atom. The minimum atomic E-state index is -1.98.